The van der Waals surface area contributed by atoms with Crippen LogP contribution < -0.4 is 10.6 Å². The van der Waals surface area contributed by atoms with Crippen molar-refractivity contribution in [3.05, 3.63) is 12.5 Å². The second-order valence-corrected chi connectivity index (χ2v) is 7.90. The quantitative estimate of drug-likeness (QED) is 0.649. The lowest BCUT2D eigenvalue weighted by Crippen LogP contribution is -2.35. The van der Waals surface area contributed by atoms with Crippen LogP contribution in [-0.2, 0) is 11.3 Å². The van der Waals surface area contributed by atoms with Crippen molar-refractivity contribution < 1.29 is 4.79 Å². The van der Waals surface area contributed by atoms with E-state index in [2.05, 4.69) is 39.5 Å². The molecular formula is C21H34N6O. The minimum absolute atomic E-state index is 0.180. The van der Waals surface area contributed by atoms with Gasteiger partial charge in [0.2, 0.25) is 5.91 Å². The summed E-state index contributed by atoms with van der Waals surface area (Å²) in [6, 6.07) is 0. The highest BCUT2D eigenvalue weighted by molar-refractivity contribution is 5.86. The van der Waals surface area contributed by atoms with E-state index >= 15 is 0 Å². The Morgan fingerprint density at radius 3 is 2.71 bits per heavy atom. The molecule has 1 amide bonds. The summed E-state index contributed by atoms with van der Waals surface area (Å²) in [6.07, 6.45) is 12.8. The number of unbranched alkanes of at least 4 members (excludes halogenated alkanes) is 1. The van der Waals surface area contributed by atoms with Crippen molar-refractivity contribution in [1.29, 1.82) is 0 Å². The predicted molar refractivity (Wildman–Crippen MR) is 112 cm³/mol. The third kappa shape index (κ3) is 5.20. The minimum atomic E-state index is 0.180. The number of carbonyl (C=O) groups is 1. The van der Waals surface area contributed by atoms with Crippen molar-refractivity contribution in [1.82, 2.24) is 25.1 Å². The van der Waals surface area contributed by atoms with Crippen molar-refractivity contribution in [3.63, 3.8) is 0 Å². The van der Waals surface area contributed by atoms with Crippen LogP contribution in [0.5, 0.6) is 0 Å². The second-order valence-electron chi connectivity index (χ2n) is 7.90. The number of carbonyl (C=O) groups excluding carboxylic acids is 1. The molecule has 2 aromatic heterocycles. The molecule has 0 bridgehead atoms. The number of nitrogens with zero attached hydrogens (tertiary/aromatic N) is 4. The van der Waals surface area contributed by atoms with Gasteiger partial charge in [-0.2, -0.15) is 5.10 Å². The SMILES string of the molecule is CCCCC1CCC(C(=O)NCCn2ncc3c(NCCC)ncnc32)CC1. The predicted octanol–water partition coefficient (Wildman–Crippen LogP) is 3.76. The molecule has 0 atom stereocenters. The van der Waals surface area contributed by atoms with Gasteiger partial charge in [0.25, 0.3) is 0 Å². The van der Waals surface area contributed by atoms with E-state index in [-0.39, 0.29) is 11.8 Å². The number of aromatic nitrogens is 4. The number of amides is 1. The summed E-state index contributed by atoms with van der Waals surface area (Å²) in [5.41, 5.74) is 0.805. The molecule has 0 radical (unpaired) electrons. The van der Waals surface area contributed by atoms with Gasteiger partial charge in [-0.15, -0.1) is 0 Å². The van der Waals surface area contributed by atoms with Crippen molar-refractivity contribution in [3.8, 4) is 0 Å². The molecule has 0 aromatic carbocycles. The summed E-state index contributed by atoms with van der Waals surface area (Å²) in [5.74, 6) is 2.03. The molecule has 2 N–H and O–H groups in total. The molecule has 0 unspecified atom stereocenters. The molecule has 2 heterocycles. The van der Waals surface area contributed by atoms with Crippen LogP contribution in [0.25, 0.3) is 11.0 Å². The van der Waals surface area contributed by atoms with Gasteiger partial charge in [-0.1, -0.05) is 33.1 Å². The maximum atomic E-state index is 12.5. The lowest BCUT2D eigenvalue weighted by atomic mass is 9.79. The summed E-state index contributed by atoms with van der Waals surface area (Å²) in [5, 5.41) is 11.8. The Bertz CT molecular complexity index is 750. The molecule has 1 aliphatic carbocycles. The minimum Gasteiger partial charge on any atom is -0.369 e. The normalized spacial score (nSPS) is 19.6. The van der Waals surface area contributed by atoms with Gasteiger partial charge in [-0.25, -0.2) is 14.6 Å². The molecule has 28 heavy (non-hydrogen) atoms. The van der Waals surface area contributed by atoms with Crippen LogP contribution >= 0.6 is 0 Å². The van der Waals surface area contributed by atoms with Gasteiger partial charge in [0, 0.05) is 19.0 Å². The van der Waals surface area contributed by atoms with E-state index in [1.807, 2.05) is 4.68 Å². The summed E-state index contributed by atoms with van der Waals surface area (Å²) < 4.78 is 1.84. The number of rotatable bonds is 10. The first kappa shape index (κ1) is 20.6. The van der Waals surface area contributed by atoms with E-state index in [1.165, 1.54) is 32.1 Å². The van der Waals surface area contributed by atoms with E-state index in [0.29, 0.717) is 13.1 Å². The smallest absolute Gasteiger partial charge is 0.223 e. The molecule has 2 aromatic rings. The number of anilines is 1. The van der Waals surface area contributed by atoms with Crippen LogP contribution in [-0.4, -0.2) is 38.7 Å². The average Bonchev–Trinajstić information content (AvgIpc) is 3.14. The van der Waals surface area contributed by atoms with Crippen molar-refractivity contribution >= 4 is 22.8 Å². The van der Waals surface area contributed by atoms with Gasteiger partial charge in [-0.3, -0.25) is 4.79 Å². The fraction of sp³-hybridized carbons (Fsp3) is 0.714. The molecule has 7 nitrogen and oxygen atoms in total. The Morgan fingerprint density at radius 1 is 1.14 bits per heavy atom. The number of fused-ring (bicyclic) bond motifs is 1. The van der Waals surface area contributed by atoms with Gasteiger partial charge < -0.3 is 10.6 Å². The van der Waals surface area contributed by atoms with Crippen molar-refractivity contribution in [2.75, 3.05) is 18.4 Å². The zero-order valence-electron chi connectivity index (χ0n) is 17.3. The molecule has 0 spiro atoms. The highest BCUT2D eigenvalue weighted by Gasteiger charge is 2.25. The molecule has 1 aliphatic rings. The molecular weight excluding hydrogens is 352 g/mol. The number of hydrogen-bond acceptors (Lipinski definition) is 5. The second kappa shape index (κ2) is 10.4. The van der Waals surface area contributed by atoms with Crippen LogP contribution in [0, 0.1) is 11.8 Å². The topological polar surface area (TPSA) is 84.7 Å². The first-order valence-corrected chi connectivity index (χ1v) is 10.9. The number of nitrogens with one attached hydrogen (secondary N) is 2. The van der Waals surface area contributed by atoms with E-state index in [9.17, 15) is 4.79 Å². The fourth-order valence-corrected chi connectivity index (χ4v) is 4.08. The molecule has 0 saturated heterocycles. The highest BCUT2D eigenvalue weighted by atomic mass is 16.1. The molecule has 154 valence electrons. The molecule has 0 aliphatic heterocycles. The van der Waals surface area contributed by atoms with E-state index < -0.39 is 0 Å². The maximum absolute atomic E-state index is 12.5. The van der Waals surface area contributed by atoms with Crippen molar-refractivity contribution in [2.24, 2.45) is 11.8 Å². The van der Waals surface area contributed by atoms with Crippen LogP contribution in [0.3, 0.4) is 0 Å². The van der Waals surface area contributed by atoms with E-state index in [0.717, 1.165) is 48.6 Å². The molecule has 1 saturated carbocycles. The Kier molecular flexibility index (Phi) is 7.62. The average molecular weight is 387 g/mol. The van der Waals surface area contributed by atoms with Crippen LogP contribution in [0.4, 0.5) is 5.82 Å². The summed E-state index contributed by atoms with van der Waals surface area (Å²) in [6.45, 7) is 6.43. The van der Waals surface area contributed by atoms with E-state index in [1.54, 1.807) is 12.5 Å². The first-order valence-electron chi connectivity index (χ1n) is 10.9. The summed E-state index contributed by atoms with van der Waals surface area (Å²) in [7, 11) is 0. The lowest BCUT2D eigenvalue weighted by molar-refractivity contribution is -0.126. The van der Waals surface area contributed by atoms with Gasteiger partial charge in [0.05, 0.1) is 18.1 Å². The molecule has 1 fully saturated rings. The van der Waals surface area contributed by atoms with Gasteiger partial charge in [-0.05, 0) is 38.0 Å². The Morgan fingerprint density at radius 2 is 1.96 bits per heavy atom. The maximum Gasteiger partial charge on any atom is 0.223 e. The third-order valence-electron chi connectivity index (χ3n) is 5.78. The highest BCUT2D eigenvalue weighted by Crippen LogP contribution is 2.31. The molecule has 3 rings (SSSR count). The van der Waals surface area contributed by atoms with Gasteiger partial charge >= 0.3 is 0 Å². The van der Waals surface area contributed by atoms with Crippen LogP contribution in [0.2, 0.25) is 0 Å². The Balaban J connectivity index is 1.47. The summed E-state index contributed by atoms with van der Waals surface area (Å²) in [4.78, 5) is 21.2. The van der Waals surface area contributed by atoms with Gasteiger partial charge in [0.1, 0.15) is 12.1 Å². The zero-order chi connectivity index (χ0) is 19.8. The fourth-order valence-electron chi connectivity index (χ4n) is 4.08. The summed E-state index contributed by atoms with van der Waals surface area (Å²) >= 11 is 0. The Labute approximate surface area is 167 Å². The van der Waals surface area contributed by atoms with Gasteiger partial charge in [0.15, 0.2) is 5.65 Å². The first-order chi connectivity index (χ1) is 13.7. The number of hydrogen-bond donors (Lipinski definition) is 2. The van der Waals surface area contributed by atoms with E-state index in [4.69, 9.17) is 0 Å². The lowest BCUT2D eigenvalue weighted by Gasteiger charge is -2.27. The third-order valence-corrected chi connectivity index (χ3v) is 5.78. The Hall–Kier alpha value is -2.18. The van der Waals surface area contributed by atoms with Crippen molar-refractivity contribution in [2.45, 2.75) is 71.8 Å². The standard InChI is InChI=1S/C21H34N6O/c1-3-5-6-16-7-9-17(10-8-16)21(28)23-12-13-27-20-18(14-26-27)19(22-11-4-2)24-15-25-20/h14-17H,3-13H2,1-2H3,(H,23,28)(H,22,24,25). The van der Waals surface area contributed by atoms with Crippen LogP contribution in [0.1, 0.15) is 65.2 Å². The van der Waals surface area contributed by atoms with Crippen LogP contribution in [0.15, 0.2) is 12.5 Å². The zero-order valence-corrected chi connectivity index (χ0v) is 17.3. The molecule has 7 heteroatoms. The monoisotopic (exact) mass is 386 g/mol. The largest absolute Gasteiger partial charge is 0.369 e.